The van der Waals surface area contributed by atoms with Gasteiger partial charge in [-0.05, 0) is 49.2 Å². The highest BCUT2D eigenvalue weighted by atomic mass is 35.5. The van der Waals surface area contributed by atoms with Crippen LogP contribution < -0.4 is 4.74 Å². The maximum Gasteiger partial charge on any atom is 0.122 e. The van der Waals surface area contributed by atoms with Crippen LogP contribution in [-0.4, -0.2) is 5.11 Å². The maximum atomic E-state index is 9.55. The first-order valence-electron chi connectivity index (χ1n) is 6.61. The van der Waals surface area contributed by atoms with E-state index in [0.717, 1.165) is 22.4 Å². The molecule has 0 bridgehead atoms. The van der Waals surface area contributed by atoms with Crippen LogP contribution in [0.2, 0.25) is 5.02 Å². The third-order valence-corrected chi connectivity index (χ3v) is 3.60. The van der Waals surface area contributed by atoms with Gasteiger partial charge in [-0.25, -0.2) is 0 Å². The third-order valence-electron chi connectivity index (χ3n) is 3.25. The lowest BCUT2D eigenvalue weighted by atomic mass is 10.1. The summed E-state index contributed by atoms with van der Waals surface area (Å²) >= 11 is 6.12. The fourth-order valence-corrected chi connectivity index (χ4v) is 2.22. The second-order valence-corrected chi connectivity index (χ2v) is 5.31. The number of aliphatic hydroxyl groups excluding tert-OH is 1. The van der Waals surface area contributed by atoms with E-state index in [2.05, 4.69) is 0 Å². The van der Waals surface area contributed by atoms with Gasteiger partial charge in [-0.15, -0.1) is 0 Å². The Morgan fingerprint density at radius 1 is 1.29 bits per heavy atom. The van der Waals surface area contributed by atoms with Crippen molar-refractivity contribution in [2.75, 3.05) is 0 Å². The number of hydrogen-bond donors (Lipinski definition) is 1. The van der Waals surface area contributed by atoms with Crippen molar-refractivity contribution in [1.29, 1.82) is 5.26 Å². The Labute approximate surface area is 129 Å². The van der Waals surface area contributed by atoms with Crippen LogP contribution in [0.3, 0.4) is 0 Å². The number of aliphatic hydroxyl groups is 1. The van der Waals surface area contributed by atoms with Gasteiger partial charge in [0, 0.05) is 10.6 Å². The molecule has 0 aromatic heterocycles. The molecule has 2 rings (SSSR count). The quantitative estimate of drug-likeness (QED) is 0.923. The number of rotatable bonds is 4. The van der Waals surface area contributed by atoms with E-state index in [1.807, 2.05) is 31.2 Å². The van der Waals surface area contributed by atoms with E-state index in [1.165, 1.54) is 0 Å². The molecule has 0 aliphatic carbocycles. The molecule has 2 aromatic rings. The second-order valence-electron chi connectivity index (χ2n) is 4.91. The Hall–Kier alpha value is -2.02. The fourth-order valence-electron chi connectivity index (χ4n) is 1.98. The van der Waals surface area contributed by atoms with Gasteiger partial charge >= 0.3 is 0 Å². The van der Waals surface area contributed by atoms with Crippen LogP contribution >= 0.6 is 11.6 Å². The average molecular weight is 302 g/mol. The van der Waals surface area contributed by atoms with Crippen molar-refractivity contribution in [3.05, 3.63) is 63.7 Å². The number of aryl methyl sites for hydroxylation is 1. The molecule has 0 fully saturated rings. The van der Waals surface area contributed by atoms with Crippen LogP contribution in [0.5, 0.6) is 5.75 Å². The minimum Gasteiger partial charge on any atom is -0.489 e. The monoisotopic (exact) mass is 301 g/mol. The zero-order valence-corrected chi connectivity index (χ0v) is 12.7. The molecule has 0 saturated heterocycles. The molecular formula is C17H16ClNO2. The van der Waals surface area contributed by atoms with Gasteiger partial charge in [0.2, 0.25) is 0 Å². The minimum absolute atomic E-state index is 0.333. The van der Waals surface area contributed by atoms with Crippen molar-refractivity contribution in [2.24, 2.45) is 0 Å². The molecule has 2 aromatic carbocycles. The summed E-state index contributed by atoms with van der Waals surface area (Å²) in [7, 11) is 0. The van der Waals surface area contributed by atoms with Crippen molar-refractivity contribution in [2.45, 2.75) is 26.6 Å². The molecule has 3 nitrogen and oxygen atoms in total. The first-order valence-corrected chi connectivity index (χ1v) is 6.99. The van der Waals surface area contributed by atoms with Crippen LogP contribution in [0, 0.1) is 18.3 Å². The first kappa shape index (κ1) is 15.4. The summed E-state index contributed by atoms with van der Waals surface area (Å²) in [6, 6.07) is 12.8. The standard InChI is InChI=1S/C17H16ClNO2/c1-11-7-14(12(2)20)5-6-17(11)21-10-15-4-3-13(9-19)8-16(15)18/h3-8,12,20H,10H2,1-2H3/t12-/m0/s1. The summed E-state index contributed by atoms with van der Waals surface area (Å²) < 4.78 is 5.76. The number of nitriles is 1. The molecule has 0 spiro atoms. The van der Waals surface area contributed by atoms with E-state index in [1.54, 1.807) is 25.1 Å². The molecular weight excluding hydrogens is 286 g/mol. The van der Waals surface area contributed by atoms with Crippen molar-refractivity contribution in [1.82, 2.24) is 0 Å². The van der Waals surface area contributed by atoms with E-state index < -0.39 is 6.10 Å². The molecule has 0 aliphatic rings. The summed E-state index contributed by atoms with van der Waals surface area (Å²) in [4.78, 5) is 0. The van der Waals surface area contributed by atoms with Gasteiger partial charge in [0.25, 0.3) is 0 Å². The Kier molecular flexibility index (Phi) is 4.85. The summed E-state index contributed by atoms with van der Waals surface area (Å²) in [5.74, 6) is 0.750. The molecule has 0 amide bonds. The molecule has 108 valence electrons. The number of benzene rings is 2. The molecule has 1 N–H and O–H groups in total. The minimum atomic E-state index is -0.495. The zero-order chi connectivity index (χ0) is 15.4. The van der Waals surface area contributed by atoms with Crippen LogP contribution in [0.4, 0.5) is 0 Å². The number of halogens is 1. The van der Waals surface area contributed by atoms with Crippen molar-refractivity contribution >= 4 is 11.6 Å². The van der Waals surface area contributed by atoms with E-state index >= 15 is 0 Å². The predicted octanol–water partition coefficient (Wildman–Crippen LogP) is 4.15. The van der Waals surface area contributed by atoms with Crippen molar-refractivity contribution < 1.29 is 9.84 Å². The Balaban J connectivity index is 2.12. The lowest BCUT2D eigenvalue weighted by Gasteiger charge is -2.12. The molecule has 1 atom stereocenters. The van der Waals surface area contributed by atoms with E-state index in [9.17, 15) is 5.11 Å². The number of hydrogen-bond acceptors (Lipinski definition) is 3. The van der Waals surface area contributed by atoms with Gasteiger partial charge in [0.15, 0.2) is 0 Å². The largest absolute Gasteiger partial charge is 0.489 e. The predicted molar refractivity (Wildman–Crippen MR) is 82.3 cm³/mol. The van der Waals surface area contributed by atoms with E-state index in [4.69, 9.17) is 21.6 Å². The smallest absolute Gasteiger partial charge is 0.122 e. The van der Waals surface area contributed by atoms with Crippen LogP contribution in [0.15, 0.2) is 36.4 Å². The topological polar surface area (TPSA) is 53.2 Å². The fraction of sp³-hybridized carbons (Fsp3) is 0.235. The SMILES string of the molecule is Cc1cc([C@H](C)O)ccc1OCc1ccc(C#N)cc1Cl. The van der Waals surface area contributed by atoms with Gasteiger partial charge in [0.05, 0.1) is 17.7 Å². The third kappa shape index (κ3) is 3.75. The van der Waals surface area contributed by atoms with Crippen molar-refractivity contribution in [3.8, 4) is 11.8 Å². The Morgan fingerprint density at radius 2 is 2.05 bits per heavy atom. The molecule has 21 heavy (non-hydrogen) atoms. The molecule has 4 heteroatoms. The molecule has 0 aliphatic heterocycles. The summed E-state index contributed by atoms with van der Waals surface area (Å²) in [6.45, 7) is 3.99. The van der Waals surface area contributed by atoms with Gasteiger partial charge in [-0.2, -0.15) is 5.26 Å². The van der Waals surface area contributed by atoms with E-state index in [0.29, 0.717) is 17.2 Å². The van der Waals surface area contributed by atoms with E-state index in [-0.39, 0.29) is 0 Å². The molecule has 0 radical (unpaired) electrons. The zero-order valence-electron chi connectivity index (χ0n) is 11.9. The maximum absolute atomic E-state index is 9.55. The van der Waals surface area contributed by atoms with Crippen molar-refractivity contribution in [3.63, 3.8) is 0 Å². The van der Waals surface area contributed by atoms with Gasteiger partial charge in [-0.3, -0.25) is 0 Å². The Morgan fingerprint density at radius 3 is 2.62 bits per heavy atom. The number of ether oxygens (including phenoxy) is 1. The average Bonchev–Trinajstić information content (AvgIpc) is 2.46. The van der Waals surface area contributed by atoms with Gasteiger partial charge < -0.3 is 9.84 Å². The highest BCUT2D eigenvalue weighted by molar-refractivity contribution is 6.31. The lowest BCUT2D eigenvalue weighted by Crippen LogP contribution is -1.99. The Bertz CT molecular complexity index is 690. The van der Waals surface area contributed by atoms with Crippen LogP contribution in [-0.2, 0) is 6.61 Å². The van der Waals surface area contributed by atoms with Crippen LogP contribution in [0.1, 0.15) is 35.3 Å². The molecule has 0 saturated carbocycles. The highest BCUT2D eigenvalue weighted by Crippen LogP contribution is 2.25. The summed E-state index contributed by atoms with van der Waals surface area (Å²) in [5, 5.41) is 18.9. The normalized spacial score (nSPS) is 11.8. The second kappa shape index (κ2) is 6.62. The summed E-state index contributed by atoms with van der Waals surface area (Å²) in [6.07, 6.45) is -0.495. The lowest BCUT2D eigenvalue weighted by molar-refractivity contribution is 0.199. The molecule has 0 unspecified atom stereocenters. The van der Waals surface area contributed by atoms with Gasteiger partial charge in [0.1, 0.15) is 12.4 Å². The van der Waals surface area contributed by atoms with Crippen LogP contribution in [0.25, 0.3) is 0 Å². The first-order chi connectivity index (χ1) is 10.0. The summed E-state index contributed by atoms with van der Waals surface area (Å²) in [5.41, 5.74) is 3.17. The molecule has 0 heterocycles. The van der Waals surface area contributed by atoms with Gasteiger partial charge in [-0.1, -0.05) is 23.7 Å². The highest BCUT2D eigenvalue weighted by Gasteiger charge is 2.07. The number of nitrogens with zero attached hydrogens (tertiary/aromatic N) is 1.